The Labute approximate surface area is 172 Å². The number of ether oxygens (including phenoxy) is 1. The Bertz CT molecular complexity index is 1210. The van der Waals surface area contributed by atoms with Gasteiger partial charge in [-0.3, -0.25) is 9.78 Å². The van der Waals surface area contributed by atoms with Gasteiger partial charge in [0, 0.05) is 43.1 Å². The second-order valence-electron chi connectivity index (χ2n) is 7.65. The summed E-state index contributed by atoms with van der Waals surface area (Å²) in [6.07, 6.45) is 7.36. The zero-order valence-electron chi connectivity index (χ0n) is 16.5. The van der Waals surface area contributed by atoms with Crippen LogP contribution in [0.25, 0.3) is 10.9 Å². The third-order valence-electron chi connectivity index (χ3n) is 5.71. The zero-order valence-corrected chi connectivity index (χ0v) is 16.5. The summed E-state index contributed by atoms with van der Waals surface area (Å²) in [5.74, 6) is 0.190. The van der Waals surface area contributed by atoms with Crippen LogP contribution in [-0.2, 0) is 6.54 Å². The highest BCUT2D eigenvalue weighted by Gasteiger charge is 2.30. The van der Waals surface area contributed by atoms with Crippen molar-refractivity contribution in [1.29, 1.82) is 0 Å². The molecule has 0 spiro atoms. The third kappa shape index (κ3) is 2.95. The lowest BCUT2D eigenvalue weighted by atomic mass is 9.90. The lowest BCUT2D eigenvalue weighted by Gasteiger charge is -2.29. The first-order chi connectivity index (χ1) is 14.5. The SMILES string of the molecule is Bc1cc2c(=O)c(C(=O)O)cn3c2c(c1N1CC[C@@H](Nc2cnccn2)C1)OCC3. The topological polar surface area (TPSA) is 110 Å². The van der Waals surface area contributed by atoms with Gasteiger partial charge in [0.05, 0.1) is 23.9 Å². The van der Waals surface area contributed by atoms with E-state index in [1.807, 2.05) is 12.4 Å². The average molecular weight is 405 g/mol. The van der Waals surface area contributed by atoms with Gasteiger partial charge in [-0.25, -0.2) is 9.78 Å². The van der Waals surface area contributed by atoms with Crippen LogP contribution >= 0.6 is 0 Å². The van der Waals surface area contributed by atoms with E-state index in [1.54, 1.807) is 24.7 Å². The van der Waals surface area contributed by atoms with Crippen LogP contribution < -0.4 is 25.8 Å². The molecular formula is C20H20BN5O4. The summed E-state index contributed by atoms with van der Waals surface area (Å²) >= 11 is 0. The van der Waals surface area contributed by atoms with Crippen molar-refractivity contribution >= 4 is 41.7 Å². The van der Waals surface area contributed by atoms with E-state index in [1.165, 1.54) is 6.20 Å². The summed E-state index contributed by atoms with van der Waals surface area (Å²) < 4.78 is 7.86. The van der Waals surface area contributed by atoms with Gasteiger partial charge in [-0.15, -0.1) is 0 Å². The Morgan fingerprint density at radius 1 is 1.33 bits per heavy atom. The molecule has 10 heteroatoms. The van der Waals surface area contributed by atoms with Gasteiger partial charge in [0.25, 0.3) is 0 Å². The third-order valence-corrected chi connectivity index (χ3v) is 5.71. The lowest BCUT2D eigenvalue weighted by molar-refractivity contribution is 0.0694. The predicted molar refractivity (Wildman–Crippen MR) is 115 cm³/mol. The summed E-state index contributed by atoms with van der Waals surface area (Å²) in [5, 5.41) is 13.2. The monoisotopic (exact) mass is 405 g/mol. The van der Waals surface area contributed by atoms with Crippen LogP contribution in [0, 0.1) is 0 Å². The number of hydrogen-bond acceptors (Lipinski definition) is 7. The molecule has 0 aliphatic carbocycles. The number of rotatable bonds is 4. The Kier molecular flexibility index (Phi) is 4.34. The molecule has 30 heavy (non-hydrogen) atoms. The van der Waals surface area contributed by atoms with Gasteiger partial charge in [-0.05, 0) is 6.42 Å². The van der Waals surface area contributed by atoms with Crippen molar-refractivity contribution < 1.29 is 14.6 Å². The van der Waals surface area contributed by atoms with Gasteiger partial charge in [-0.1, -0.05) is 11.5 Å². The first-order valence-corrected chi connectivity index (χ1v) is 9.87. The van der Waals surface area contributed by atoms with Crippen LogP contribution in [0.15, 0.2) is 35.6 Å². The maximum atomic E-state index is 12.8. The molecule has 2 aliphatic heterocycles. The van der Waals surface area contributed by atoms with Crippen LogP contribution in [0.2, 0.25) is 0 Å². The molecule has 152 valence electrons. The Hall–Kier alpha value is -3.56. The molecule has 0 amide bonds. The number of aromatic carboxylic acids is 1. The molecule has 0 unspecified atom stereocenters. The minimum atomic E-state index is -1.21. The van der Waals surface area contributed by atoms with E-state index in [9.17, 15) is 14.7 Å². The van der Waals surface area contributed by atoms with E-state index in [4.69, 9.17) is 4.74 Å². The van der Waals surface area contributed by atoms with Crippen LogP contribution in [0.5, 0.6) is 5.75 Å². The molecule has 1 fully saturated rings. The molecule has 3 aromatic rings. The maximum Gasteiger partial charge on any atom is 0.341 e. The molecule has 2 N–H and O–H groups in total. The number of aromatic nitrogens is 3. The van der Waals surface area contributed by atoms with E-state index in [-0.39, 0.29) is 11.6 Å². The minimum absolute atomic E-state index is 0.211. The lowest BCUT2D eigenvalue weighted by Crippen LogP contribution is -2.32. The van der Waals surface area contributed by atoms with Gasteiger partial charge in [0.2, 0.25) is 5.43 Å². The molecule has 2 aromatic heterocycles. The van der Waals surface area contributed by atoms with Gasteiger partial charge in [-0.2, -0.15) is 0 Å². The molecule has 5 rings (SSSR count). The highest BCUT2D eigenvalue weighted by Crippen LogP contribution is 2.37. The fourth-order valence-corrected chi connectivity index (χ4v) is 4.42. The maximum absolute atomic E-state index is 12.8. The zero-order chi connectivity index (χ0) is 20.8. The molecule has 0 bridgehead atoms. The van der Waals surface area contributed by atoms with Gasteiger partial charge in [0.1, 0.15) is 25.8 Å². The smallest absolute Gasteiger partial charge is 0.341 e. The molecule has 0 saturated carbocycles. The molecule has 4 heterocycles. The molecule has 2 aliphatic rings. The number of carboxylic acid groups (broad SMARTS) is 1. The van der Waals surface area contributed by atoms with Crippen molar-refractivity contribution in [1.82, 2.24) is 14.5 Å². The molecule has 0 radical (unpaired) electrons. The second kappa shape index (κ2) is 7.05. The van der Waals surface area contributed by atoms with Crippen molar-refractivity contribution in [2.75, 3.05) is 29.9 Å². The van der Waals surface area contributed by atoms with Crippen molar-refractivity contribution in [2.45, 2.75) is 19.0 Å². The number of nitrogens with one attached hydrogen (secondary N) is 1. The summed E-state index contributed by atoms with van der Waals surface area (Å²) in [7, 11) is 1.93. The number of nitrogens with zero attached hydrogens (tertiary/aromatic N) is 4. The highest BCUT2D eigenvalue weighted by molar-refractivity contribution is 6.38. The second-order valence-corrected chi connectivity index (χ2v) is 7.65. The quantitative estimate of drug-likeness (QED) is 0.576. The van der Waals surface area contributed by atoms with Crippen molar-refractivity contribution in [3.63, 3.8) is 0 Å². The number of carboxylic acids is 1. The molecular weight excluding hydrogens is 385 g/mol. The first kappa shape index (κ1) is 18.5. The van der Waals surface area contributed by atoms with Crippen LogP contribution in [0.4, 0.5) is 11.5 Å². The van der Waals surface area contributed by atoms with E-state index < -0.39 is 11.4 Å². The molecule has 1 aromatic carbocycles. The summed E-state index contributed by atoms with van der Waals surface area (Å²) in [6, 6.07) is 2.00. The van der Waals surface area contributed by atoms with E-state index in [2.05, 4.69) is 20.2 Å². The van der Waals surface area contributed by atoms with E-state index in [0.29, 0.717) is 29.8 Å². The van der Waals surface area contributed by atoms with E-state index in [0.717, 1.165) is 36.5 Å². The molecule has 1 atom stereocenters. The molecule has 9 nitrogen and oxygen atoms in total. The van der Waals surface area contributed by atoms with Crippen molar-refractivity contribution in [2.24, 2.45) is 0 Å². The molecule has 1 saturated heterocycles. The number of hydrogen-bond donors (Lipinski definition) is 2. The first-order valence-electron chi connectivity index (χ1n) is 9.87. The standard InChI is InChI=1S/C20H20BN5O4/c21-14-7-12-16-19(30-6-5-26(16)10-13(18(12)27)20(28)29)17(14)25-4-1-11(9-25)24-15-8-22-2-3-23-15/h2-3,7-8,10-11H,1,4-6,9,21H2,(H,23,24)(H,28,29)/t11-/m1/s1. The van der Waals surface area contributed by atoms with Crippen LogP contribution in [-0.4, -0.2) is 59.2 Å². The Morgan fingerprint density at radius 3 is 2.97 bits per heavy atom. The van der Waals surface area contributed by atoms with Gasteiger partial charge in [0.15, 0.2) is 5.75 Å². The van der Waals surface area contributed by atoms with Crippen LogP contribution in [0.1, 0.15) is 16.8 Å². The highest BCUT2D eigenvalue weighted by atomic mass is 16.5. The van der Waals surface area contributed by atoms with Crippen LogP contribution in [0.3, 0.4) is 0 Å². The normalized spacial score (nSPS) is 17.7. The number of benzene rings is 1. The largest absolute Gasteiger partial charge is 0.487 e. The Balaban J connectivity index is 1.55. The fourth-order valence-electron chi connectivity index (χ4n) is 4.42. The summed E-state index contributed by atoms with van der Waals surface area (Å²) in [6.45, 7) is 2.52. The van der Waals surface area contributed by atoms with Gasteiger partial charge < -0.3 is 24.6 Å². The summed E-state index contributed by atoms with van der Waals surface area (Å²) in [5.41, 5.74) is 1.84. The van der Waals surface area contributed by atoms with Crippen molar-refractivity contribution in [3.05, 3.63) is 46.6 Å². The number of carbonyl (C=O) groups is 1. The fraction of sp³-hybridized carbons (Fsp3) is 0.300. The van der Waals surface area contributed by atoms with Crippen molar-refractivity contribution in [3.8, 4) is 5.75 Å². The van der Waals surface area contributed by atoms with Gasteiger partial charge >= 0.3 is 5.97 Å². The number of pyridine rings is 1. The predicted octanol–water partition coefficient (Wildman–Crippen LogP) is -0.169. The van der Waals surface area contributed by atoms with E-state index >= 15 is 0 Å². The minimum Gasteiger partial charge on any atom is -0.487 e. The summed E-state index contributed by atoms with van der Waals surface area (Å²) in [4.78, 5) is 34.9. The average Bonchev–Trinajstić information content (AvgIpc) is 3.18. The Morgan fingerprint density at radius 2 is 2.20 bits per heavy atom. The number of anilines is 2.